The number of aromatic hydroxyl groups is 1. The van der Waals surface area contributed by atoms with Crippen LogP contribution in [0.5, 0.6) is 5.75 Å². The largest absolute Gasteiger partial charge is 0.507 e. The van der Waals surface area contributed by atoms with Crippen LogP contribution in [0.4, 0.5) is 0 Å². The van der Waals surface area contributed by atoms with Crippen molar-refractivity contribution in [3.8, 4) is 17.1 Å². The van der Waals surface area contributed by atoms with E-state index >= 15 is 0 Å². The number of halogens is 1. The topological polar surface area (TPSA) is 38.1 Å². The molecule has 1 aromatic heterocycles. The maximum atomic E-state index is 10.2. The third-order valence-electron chi connectivity index (χ3n) is 3.56. The number of rotatable bonds is 2. The number of fused-ring (bicyclic) bond motifs is 1. The van der Waals surface area contributed by atoms with Crippen LogP contribution in [0.15, 0.2) is 36.4 Å². The van der Waals surface area contributed by atoms with Gasteiger partial charge < -0.3 is 9.67 Å². The number of hydrogen-bond acceptors (Lipinski definition) is 2. The molecule has 0 spiro atoms. The van der Waals surface area contributed by atoms with E-state index in [-0.39, 0.29) is 11.8 Å². The molecule has 0 amide bonds. The van der Waals surface area contributed by atoms with E-state index < -0.39 is 0 Å². The number of benzene rings is 2. The molecule has 0 saturated heterocycles. The molecule has 0 saturated carbocycles. The monoisotopic (exact) mass is 300 g/mol. The van der Waals surface area contributed by atoms with Gasteiger partial charge in [0.05, 0.1) is 16.6 Å². The van der Waals surface area contributed by atoms with Crippen LogP contribution in [0.25, 0.3) is 22.4 Å². The van der Waals surface area contributed by atoms with Crippen molar-refractivity contribution in [1.29, 1.82) is 0 Å². The Morgan fingerprint density at radius 2 is 1.90 bits per heavy atom. The minimum absolute atomic E-state index is 0.188. The Morgan fingerprint density at radius 1 is 1.14 bits per heavy atom. The molecule has 0 unspecified atom stereocenters. The second kappa shape index (κ2) is 5.08. The lowest BCUT2D eigenvalue weighted by Gasteiger charge is -2.14. The first-order valence-corrected chi connectivity index (χ1v) is 7.32. The zero-order chi connectivity index (χ0) is 15.1. The molecule has 0 aliphatic heterocycles. The minimum Gasteiger partial charge on any atom is -0.507 e. The molecule has 3 nitrogen and oxygen atoms in total. The minimum atomic E-state index is 0.188. The van der Waals surface area contributed by atoms with Gasteiger partial charge in [0.1, 0.15) is 11.6 Å². The Bertz CT molecular complexity index is 821. The van der Waals surface area contributed by atoms with Crippen molar-refractivity contribution in [2.45, 2.75) is 26.8 Å². The van der Waals surface area contributed by atoms with E-state index in [1.54, 1.807) is 18.2 Å². The highest BCUT2D eigenvalue weighted by Crippen LogP contribution is 2.35. The van der Waals surface area contributed by atoms with Crippen LogP contribution in [0.1, 0.15) is 25.5 Å². The summed E-state index contributed by atoms with van der Waals surface area (Å²) in [7, 11) is 0. The molecular weight excluding hydrogens is 284 g/mol. The van der Waals surface area contributed by atoms with Gasteiger partial charge in [-0.25, -0.2) is 4.98 Å². The summed E-state index contributed by atoms with van der Waals surface area (Å²) in [5.74, 6) is 0.930. The van der Waals surface area contributed by atoms with Crippen molar-refractivity contribution in [3.05, 3.63) is 47.0 Å². The number of hydrogen-bond donors (Lipinski definition) is 1. The van der Waals surface area contributed by atoms with Gasteiger partial charge in [-0.1, -0.05) is 17.7 Å². The first kappa shape index (κ1) is 14.0. The summed E-state index contributed by atoms with van der Waals surface area (Å²) in [6.07, 6.45) is 0. The van der Waals surface area contributed by atoms with Crippen molar-refractivity contribution in [1.82, 2.24) is 9.55 Å². The summed E-state index contributed by atoms with van der Waals surface area (Å²) < 4.78 is 2.13. The first-order chi connectivity index (χ1) is 9.97. The Kier molecular flexibility index (Phi) is 3.38. The predicted molar refractivity (Wildman–Crippen MR) is 87.0 cm³/mol. The van der Waals surface area contributed by atoms with Crippen LogP contribution in [0.2, 0.25) is 5.02 Å². The van der Waals surface area contributed by atoms with Crippen LogP contribution >= 0.6 is 11.6 Å². The maximum absolute atomic E-state index is 10.2. The molecular formula is C17H17ClN2O. The number of phenolic OH excluding ortho intramolecular Hbond substituents is 1. The van der Waals surface area contributed by atoms with Gasteiger partial charge >= 0.3 is 0 Å². The molecule has 1 heterocycles. The average molecular weight is 301 g/mol. The third kappa shape index (κ3) is 2.38. The Balaban J connectivity index is 2.36. The summed E-state index contributed by atoms with van der Waals surface area (Å²) in [5.41, 5.74) is 3.81. The van der Waals surface area contributed by atoms with Gasteiger partial charge in [0.25, 0.3) is 0 Å². The summed E-state index contributed by atoms with van der Waals surface area (Å²) in [6, 6.07) is 11.5. The second-order valence-corrected chi connectivity index (χ2v) is 5.99. The molecule has 21 heavy (non-hydrogen) atoms. The lowest BCUT2D eigenvalue weighted by atomic mass is 10.1. The SMILES string of the molecule is Cc1ccc2c(c1)nc(-c1cc(Cl)ccc1O)n2C(C)C. The number of aromatic nitrogens is 2. The quantitative estimate of drug-likeness (QED) is 0.727. The molecule has 0 atom stereocenters. The van der Waals surface area contributed by atoms with Gasteiger partial charge in [-0.3, -0.25) is 0 Å². The number of phenols is 1. The van der Waals surface area contributed by atoms with E-state index in [9.17, 15) is 5.11 Å². The smallest absolute Gasteiger partial charge is 0.145 e. The van der Waals surface area contributed by atoms with E-state index in [0.717, 1.165) is 22.4 Å². The van der Waals surface area contributed by atoms with Crippen LogP contribution in [0, 0.1) is 6.92 Å². The molecule has 0 aliphatic rings. The molecule has 3 rings (SSSR count). The van der Waals surface area contributed by atoms with Crippen LogP contribution in [0.3, 0.4) is 0 Å². The van der Waals surface area contributed by atoms with Crippen molar-refractivity contribution >= 4 is 22.6 Å². The third-order valence-corrected chi connectivity index (χ3v) is 3.80. The zero-order valence-corrected chi connectivity index (χ0v) is 13.0. The van der Waals surface area contributed by atoms with Crippen molar-refractivity contribution in [2.75, 3.05) is 0 Å². The fourth-order valence-corrected chi connectivity index (χ4v) is 2.78. The molecule has 4 heteroatoms. The van der Waals surface area contributed by atoms with Crippen molar-refractivity contribution in [3.63, 3.8) is 0 Å². The van der Waals surface area contributed by atoms with E-state index in [2.05, 4.69) is 36.6 Å². The molecule has 1 N–H and O–H groups in total. The number of nitrogens with zero attached hydrogens (tertiary/aromatic N) is 2. The van der Waals surface area contributed by atoms with Gasteiger partial charge in [0.15, 0.2) is 0 Å². The highest BCUT2D eigenvalue weighted by molar-refractivity contribution is 6.30. The van der Waals surface area contributed by atoms with E-state index in [1.165, 1.54) is 0 Å². The number of aryl methyl sites for hydroxylation is 1. The summed E-state index contributed by atoms with van der Waals surface area (Å²) in [5, 5.41) is 10.7. The van der Waals surface area contributed by atoms with Crippen LogP contribution in [-0.2, 0) is 0 Å². The lowest BCUT2D eigenvalue weighted by molar-refractivity contribution is 0.476. The highest BCUT2D eigenvalue weighted by Gasteiger charge is 2.17. The van der Waals surface area contributed by atoms with E-state index in [4.69, 9.17) is 16.6 Å². The maximum Gasteiger partial charge on any atom is 0.145 e. The fraction of sp³-hybridized carbons (Fsp3) is 0.235. The lowest BCUT2D eigenvalue weighted by Crippen LogP contribution is -2.03. The molecule has 0 radical (unpaired) electrons. The Morgan fingerprint density at radius 3 is 2.62 bits per heavy atom. The predicted octanol–water partition coefficient (Wildman–Crippen LogP) is 4.95. The molecule has 3 aromatic rings. The van der Waals surface area contributed by atoms with Gasteiger partial charge in [-0.05, 0) is 56.7 Å². The standard InChI is InChI=1S/C17H17ClN2O/c1-10(2)20-15-6-4-11(3)8-14(15)19-17(20)13-9-12(18)5-7-16(13)21/h4-10,21H,1-3H3. The summed E-state index contributed by atoms with van der Waals surface area (Å²) >= 11 is 6.07. The fourth-order valence-electron chi connectivity index (χ4n) is 2.61. The van der Waals surface area contributed by atoms with Crippen LogP contribution in [-0.4, -0.2) is 14.7 Å². The molecule has 2 aromatic carbocycles. The van der Waals surface area contributed by atoms with Gasteiger partial charge in [-0.15, -0.1) is 0 Å². The zero-order valence-electron chi connectivity index (χ0n) is 12.3. The highest BCUT2D eigenvalue weighted by atomic mass is 35.5. The molecule has 0 bridgehead atoms. The molecule has 0 aliphatic carbocycles. The van der Waals surface area contributed by atoms with Gasteiger partial charge in [-0.2, -0.15) is 0 Å². The summed E-state index contributed by atoms with van der Waals surface area (Å²) in [4.78, 5) is 4.71. The molecule has 0 fully saturated rings. The first-order valence-electron chi connectivity index (χ1n) is 6.95. The Hall–Kier alpha value is -2.00. The van der Waals surface area contributed by atoms with Gasteiger partial charge in [0, 0.05) is 11.1 Å². The molecule has 108 valence electrons. The Labute approximate surface area is 128 Å². The second-order valence-electron chi connectivity index (χ2n) is 5.55. The normalized spacial score (nSPS) is 11.5. The summed E-state index contributed by atoms with van der Waals surface area (Å²) in [6.45, 7) is 6.25. The van der Waals surface area contributed by atoms with Gasteiger partial charge in [0.2, 0.25) is 0 Å². The van der Waals surface area contributed by atoms with E-state index in [0.29, 0.717) is 10.6 Å². The average Bonchev–Trinajstić information content (AvgIpc) is 2.79. The van der Waals surface area contributed by atoms with Crippen molar-refractivity contribution in [2.24, 2.45) is 0 Å². The van der Waals surface area contributed by atoms with Crippen LogP contribution < -0.4 is 0 Å². The number of imidazole rings is 1. The van der Waals surface area contributed by atoms with E-state index in [1.807, 2.05) is 6.92 Å². The van der Waals surface area contributed by atoms with Crippen molar-refractivity contribution < 1.29 is 5.11 Å².